The van der Waals surface area contributed by atoms with Gasteiger partial charge in [-0.25, -0.2) is 30.3 Å². The minimum Gasteiger partial charge on any atom is -0.465 e. The van der Waals surface area contributed by atoms with E-state index in [9.17, 15) is 26.7 Å². The van der Waals surface area contributed by atoms with E-state index in [1.165, 1.54) is 37.4 Å². The van der Waals surface area contributed by atoms with Crippen molar-refractivity contribution in [3.05, 3.63) is 60.3 Å². The first-order chi connectivity index (χ1) is 15.6. The molecular weight excluding hydrogens is 468 g/mol. The molecule has 176 valence electrons. The molecule has 1 fully saturated rings. The van der Waals surface area contributed by atoms with Gasteiger partial charge in [-0.05, 0) is 49.9 Å². The van der Waals surface area contributed by atoms with E-state index < -0.39 is 38.2 Å². The number of esters is 1. The van der Waals surface area contributed by atoms with Crippen molar-refractivity contribution >= 4 is 36.9 Å². The van der Waals surface area contributed by atoms with Gasteiger partial charge in [0.05, 0.1) is 29.2 Å². The van der Waals surface area contributed by atoms with E-state index in [1.54, 1.807) is 18.2 Å². The van der Waals surface area contributed by atoms with E-state index in [0.29, 0.717) is 25.7 Å². The smallest absolute Gasteiger partial charge is 0.338 e. The van der Waals surface area contributed by atoms with Gasteiger partial charge in [-0.15, -0.1) is 0 Å². The summed E-state index contributed by atoms with van der Waals surface area (Å²) < 4.78 is 61.8. The van der Waals surface area contributed by atoms with Crippen LogP contribution in [0.1, 0.15) is 36.0 Å². The number of aromatic nitrogens is 1. The molecule has 11 heteroatoms. The Morgan fingerprint density at radius 2 is 1.67 bits per heavy atom. The average Bonchev–Trinajstić information content (AvgIpc) is 3.22. The van der Waals surface area contributed by atoms with Gasteiger partial charge in [0, 0.05) is 17.6 Å². The van der Waals surface area contributed by atoms with Crippen LogP contribution in [0.15, 0.2) is 64.5 Å². The molecular formula is C22H24N2O7S2. The summed E-state index contributed by atoms with van der Waals surface area (Å²) >= 11 is 0. The molecule has 0 atom stereocenters. The quantitative estimate of drug-likeness (QED) is 0.505. The number of benzene rings is 2. The molecule has 3 aromatic rings. The second-order valence-corrected chi connectivity index (χ2v) is 11.4. The second-order valence-electron chi connectivity index (χ2n) is 7.93. The third-order valence-corrected chi connectivity index (χ3v) is 8.99. The average molecular weight is 493 g/mol. The van der Waals surface area contributed by atoms with E-state index in [1.807, 2.05) is 0 Å². The van der Waals surface area contributed by atoms with E-state index in [4.69, 9.17) is 4.74 Å². The first-order valence-corrected chi connectivity index (χ1v) is 13.3. The first-order valence-electron chi connectivity index (χ1n) is 10.4. The molecule has 4 rings (SSSR count). The van der Waals surface area contributed by atoms with Gasteiger partial charge in [0.1, 0.15) is 4.90 Å². The molecule has 33 heavy (non-hydrogen) atoms. The molecule has 0 saturated heterocycles. The number of sulfonamides is 1. The number of rotatable bonds is 6. The van der Waals surface area contributed by atoms with Crippen molar-refractivity contribution in [1.82, 2.24) is 8.69 Å². The fraction of sp³-hybridized carbons (Fsp3) is 0.318. The molecule has 1 heterocycles. The molecule has 1 aliphatic carbocycles. The number of carbonyl (C=O) groups is 1. The summed E-state index contributed by atoms with van der Waals surface area (Å²) in [5.74, 6) is -0.785. The van der Waals surface area contributed by atoms with E-state index in [2.05, 4.69) is 4.72 Å². The molecule has 2 N–H and O–H groups in total. The normalized spacial score (nSPS) is 19.5. The molecule has 0 amide bonds. The summed E-state index contributed by atoms with van der Waals surface area (Å²) in [6.45, 7) is 0. The van der Waals surface area contributed by atoms with Crippen LogP contribution in [0.3, 0.4) is 0 Å². The molecule has 9 nitrogen and oxygen atoms in total. The SMILES string of the molecule is COC(=O)c1cccc2c1c(S(=O)(=O)NC1CCC(O)CC1)cn2S(=O)(=O)c1ccccc1. The molecule has 2 aromatic carbocycles. The third-order valence-electron chi connectivity index (χ3n) is 5.77. The summed E-state index contributed by atoms with van der Waals surface area (Å²) in [7, 11) is -7.20. The molecule has 0 bridgehead atoms. The van der Waals surface area contributed by atoms with Crippen LogP contribution in [0, 0.1) is 0 Å². The summed E-state index contributed by atoms with van der Waals surface area (Å²) in [4.78, 5) is 12.1. The van der Waals surface area contributed by atoms with Crippen molar-refractivity contribution in [2.24, 2.45) is 0 Å². The Hall–Kier alpha value is -2.73. The maximum atomic E-state index is 13.4. The van der Waals surface area contributed by atoms with Gasteiger partial charge >= 0.3 is 5.97 Å². The summed E-state index contributed by atoms with van der Waals surface area (Å²) in [5, 5.41) is 9.68. The first kappa shape index (κ1) is 23.4. The minimum atomic E-state index is -4.21. The maximum Gasteiger partial charge on any atom is 0.338 e. The molecule has 1 aliphatic rings. The van der Waals surface area contributed by atoms with Gasteiger partial charge < -0.3 is 9.84 Å². The number of aliphatic hydroxyl groups is 1. The Labute approximate surface area is 192 Å². The van der Waals surface area contributed by atoms with Crippen LogP contribution >= 0.6 is 0 Å². The number of nitrogens with zero attached hydrogens (tertiary/aromatic N) is 1. The second kappa shape index (κ2) is 8.90. The lowest BCUT2D eigenvalue weighted by molar-refractivity contribution is 0.0603. The molecule has 0 unspecified atom stereocenters. The number of hydrogen-bond acceptors (Lipinski definition) is 7. The lowest BCUT2D eigenvalue weighted by Crippen LogP contribution is -2.38. The summed E-state index contributed by atoms with van der Waals surface area (Å²) in [6, 6.07) is 11.5. The van der Waals surface area contributed by atoms with Crippen LogP contribution in [0.5, 0.6) is 0 Å². The van der Waals surface area contributed by atoms with Gasteiger partial charge in [-0.2, -0.15) is 0 Å². The zero-order chi connectivity index (χ0) is 23.8. The monoisotopic (exact) mass is 492 g/mol. The Balaban J connectivity index is 1.91. The van der Waals surface area contributed by atoms with Crippen LogP contribution in [0.25, 0.3) is 10.9 Å². The van der Waals surface area contributed by atoms with Gasteiger partial charge in [0.25, 0.3) is 10.0 Å². The van der Waals surface area contributed by atoms with E-state index in [-0.39, 0.29) is 26.3 Å². The van der Waals surface area contributed by atoms with Crippen LogP contribution < -0.4 is 4.72 Å². The highest BCUT2D eigenvalue weighted by molar-refractivity contribution is 7.91. The Morgan fingerprint density at radius 3 is 2.30 bits per heavy atom. The fourth-order valence-electron chi connectivity index (χ4n) is 4.09. The van der Waals surface area contributed by atoms with Gasteiger partial charge in [-0.3, -0.25) is 0 Å². The lowest BCUT2D eigenvalue weighted by Gasteiger charge is -2.25. The zero-order valence-electron chi connectivity index (χ0n) is 17.8. The van der Waals surface area contributed by atoms with Crippen LogP contribution in [-0.2, 0) is 24.8 Å². The number of aliphatic hydroxyl groups excluding tert-OH is 1. The number of nitrogens with one attached hydrogen (secondary N) is 1. The highest BCUT2D eigenvalue weighted by atomic mass is 32.2. The van der Waals surface area contributed by atoms with Crippen LogP contribution in [-0.4, -0.2) is 51.1 Å². The summed E-state index contributed by atoms with van der Waals surface area (Å²) in [6.07, 6.45) is 2.39. The molecule has 1 aromatic heterocycles. The number of methoxy groups -OCH3 is 1. The van der Waals surface area contributed by atoms with Crippen molar-refractivity contribution < 1.29 is 31.5 Å². The Kier molecular flexibility index (Phi) is 6.32. The van der Waals surface area contributed by atoms with Crippen molar-refractivity contribution in [2.45, 2.75) is 47.6 Å². The fourth-order valence-corrected chi connectivity index (χ4v) is 7.07. The number of fused-ring (bicyclic) bond motifs is 1. The van der Waals surface area contributed by atoms with Gasteiger partial charge in [0.2, 0.25) is 10.0 Å². The third kappa shape index (κ3) is 4.41. The standard InChI is InChI=1S/C22H24N2O7S2/c1-31-22(26)18-8-5-9-19-21(18)20(32(27,28)23-15-10-12-16(25)13-11-15)14-24(19)33(29,30)17-6-3-2-4-7-17/h2-9,14-16,23,25H,10-13H2,1H3. The lowest BCUT2D eigenvalue weighted by atomic mass is 9.94. The van der Waals surface area contributed by atoms with Crippen molar-refractivity contribution in [3.8, 4) is 0 Å². The maximum absolute atomic E-state index is 13.4. The topological polar surface area (TPSA) is 132 Å². The molecule has 0 aliphatic heterocycles. The predicted octanol–water partition coefficient (Wildman–Crippen LogP) is 2.25. The number of ether oxygens (including phenoxy) is 1. The predicted molar refractivity (Wildman–Crippen MR) is 121 cm³/mol. The Morgan fingerprint density at radius 1 is 1.00 bits per heavy atom. The zero-order valence-corrected chi connectivity index (χ0v) is 19.5. The largest absolute Gasteiger partial charge is 0.465 e. The highest BCUT2D eigenvalue weighted by Crippen LogP contribution is 2.33. The summed E-state index contributed by atoms with van der Waals surface area (Å²) in [5.41, 5.74) is -0.0161. The van der Waals surface area contributed by atoms with E-state index >= 15 is 0 Å². The Bertz CT molecular complexity index is 1390. The van der Waals surface area contributed by atoms with E-state index in [0.717, 1.165) is 10.2 Å². The van der Waals surface area contributed by atoms with Gasteiger partial charge in [-0.1, -0.05) is 24.3 Å². The van der Waals surface area contributed by atoms with Crippen LogP contribution in [0.2, 0.25) is 0 Å². The van der Waals surface area contributed by atoms with Crippen molar-refractivity contribution in [2.75, 3.05) is 7.11 Å². The number of hydrogen-bond donors (Lipinski definition) is 2. The van der Waals surface area contributed by atoms with Crippen molar-refractivity contribution in [1.29, 1.82) is 0 Å². The molecule has 0 spiro atoms. The van der Waals surface area contributed by atoms with Gasteiger partial charge in [0.15, 0.2) is 0 Å². The van der Waals surface area contributed by atoms with Crippen LogP contribution in [0.4, 0.5) is 0 Å². The molecule has 0 radical (unpaired) electrons. The van der Waals surface area contributed by atoms with Crippen molar-refractivity contribution in [3.63, 3.8) is 0 Å². The highest BCUT2D eigenvalue weighted by Gasteiger charge is 2.32. The molecule has 1 saturated carbocycles. The minimum absolute atomic E-state index is 0.0245. The number of carbonyl (C=O) groups excluding carboxylic acids is 1.